The molecule has 266 valence electrons. The molecule has 0 saturated carbocycles. The molecule has 9 nitrogen and oxygen atoms in total. The van der Waals surface area contributed by atoms with Crippen LogP contribution in [0.5, 0.6) is 5.75 Å². The zero-order valence-electron chi connectivity index (χ0n) is 30.0. The summed E-state index contributed by atoms with van der Waals surface area (Å²) in [5.74, 6) is -0.551. The highest BCUT2D eigenvalue weighted by atomic mass is 79.9. The van der Waals surface area contributed by atoms with Gasteiger partial charge in [-0.05, 0) is 87.6 Å². The van der Waals surface area contributed by atoms with Gasteiger partial charge in [0.1, 0.15) is 22.1 Å². The van der Waals surface area contributed by atoms with Crippen molar-refractivity contribution in [3.63, 3.8) is 0 Å². The lowest BCUT2D eigenvalue weighted by atomic mass is 10.0. The summed E-state index contributed by atoms with van der Waals surface area (Å²) in [4.78, 5) is 14.0. The number of ether oxygens (including phenoxy) is 3. The molecular formula is C34H54BrFN2O7SSi. The number of carbonyl (C=O) groups excluding carboxylic acids is 1. The molecule has 0 aliphatic carbocycles. The fourth-order valence-electron chi connectivity index (χ4n) is 4.45. The Labute approximate surface area is 291 Å². The maximum absolute atomic E-state index is 15.2. The fourth-order valence-corrected chi connectivity index (χ4v) is 7.97. The van der Waals surface area contributed by atoms with Crippen LogP contribution in [0.15, 0.2) is 51.8 Å². The van der Waals surface area contributed by atoms with Crippen molar-refractivity contribution in [2.45, 2.75) is 103 Å². The zero-order chi connectivity index (χ0) is 36.0. The van der Waals surface area contributed by atoms with E-state index in [0.29, 0.717) is 4.47 Å². The molecule has 0 aliphatic rings. The molecule has 2 rings (SSSR count). The number of methoxy groups -OCH3 is 1. The first-order valence-corrected chi connectivity index (χ1v) is 20.9. The normalized spacial score (nSPS) is 14.9. The van der Waals surface area contributed by atoms with Crippen molar-refractivity contribution in [3.8, 4) is 5.75 Å². The summed E-state index contributed by atoms with van der Waals surface area (Å²) in [5, 5.41) is -0.148. The number of nitrogens with zero attached hydrogens (tertiary/aromatic N) is 2. The Bertz CT molecular complexity index is 1430. The predicted octanol–water partition coefficient (Wildman–Crippen LogP) is 8.09. The molecule has 2 aromatic rings. The largest absolute Gasteiger partial charge is 0.497 e. The van der Waals surface area contributed by atoms with Crippen LogP contribution < -0.4 is 4.74 Å². The molecule has 0 bridgehead atoms. The lowest BCUT2D eigenvalue weighted by molar-refractivity contribution is 0.0138. The van der Waals surface area contributed by atoms with Crippen LogP contribution in [0.2, 0.25) is 18.1 Å². The second-order valence-corrected chi connectivity index (χ2v) is 22.1. The maximum Gasteiger partial charge on any atom is 0.410 e. The highest BCUT2D eigenvalue weighted by molar-refractivity contribution is 9.10. The number of halogens is 2. The Morgan fingerprint density at radius 2 is 1.60 bits per heavy atom. The van der Waals surface area contributed by atoms with Gasteiger partial charge in [-0.1, -0.05) is 55.8 Å². The average Bonchev–Trinajstić information content (AvgIpc) is 2.93. The number of benzene rings is 2. The summed E-state index contributed by atoms with van der Waals surface area (Å²) in [6, 6.07) is 10.6. The molecule has 1 amide bonds. The Morgan fingerprint density at radius 1 is 1.00 bits per heavy atom. The Kier molecular flexibility index (Phi) is 14.5. The topological polar surface area (TPSA) is 94.6 Å². The summed E-state index contributed by atoms with van der Waals surface area (Å²) in [7, 11) is -3.49. The van der Waals surface area contributed by atoms with Gasteiger partial charge in [0.25, 0.3) is 0 Å². The highest BCUT2D eigenvalue weighted by Gasteiger charge is 2.42. The van der Waals surface area contributed by atoms with Gasteiger partial charge in [-0.15, -0.1) is 0 Å². The Morgan fingerprint density at radius 3 is 2.11 bits per heavy atom. The van der Waals surface area contributed by atoms with Crippen molar-refractivity contribution >= 4 is 40.4 Å². The quantitative estimate of drug-likeness (QED) is 0.170. The second-order valence-electron chi connectivity index (χ2n) is 14.6. The van der Waals surface area contributed by atoms with E-state index < -0.39 is 58.8 Å². The van der Waals surface area contributed by atoms with Gasteiger partial charge in [0.2, 0.25) is 10.0 Å². The first-order chi connectivity index (χ1) is 21.5. The van der Waals surface area contributed by atoms with Gasteiger partial charge in [-0.25, -0.2) is 17.6 Å². The molecule has 3 atom stereocenters. The molecule has 0 aromatic heterocycles. The third kappa shape index (κ3) is 12.1. The number of rotatable bonds is 15. The molecule has 13 heteroatoms. The van der Waals surface area contributed by atoms with Crippen molar-refractivity contribution in [3.05, 3.63) is 58.3 Å². The van der Waals surface area contributed by atoms with E-state index in [-0.39, 0.29) is 31.3 Å². The molecular weight excluding hydrogens is 707 g/mol. The summed E-state index contributed by atoms with van der Waals surface area (Å²) >= 11 is 3.22. The molecule has 0 aliphatic heterocycles. The van der Waals surface area contributed by atoms with Crippen LogP contribution in [0.1, 0.15) is 61.0 Å². The van der Waals surface area contributed by atoms with Crippen molar-refractivity contribution in [2.24, 2.45) is 5.92 Å². The van der Waals surface area contributed by atoms with Gasteiger partial charge >= 0.3 is 6.09 Å². The standard InChI is InChI=1S/C34H54BrFN2O7SSi/c1-24(30(45-47(11,12)34(6,7)8)21-37(9)32(39)44-33(3,4)5)20-38(46(40,41)31-18-15-27(35)19-29(31)36)25(2)22-43-23-26-13-16-28(42-10)17-14-26/h13-19,24-25,30H,20-23H2,1-12H3/t24-,25-,30-/m0/s1. The molecule has 0 radical (unpaired) electrons. The molecule has 0 saturated heterocycles. The van der Waals surface area contributed by atoms with Gasteiger partial charge in [-0.3, -0.25) is 0 Å². The number of likely N-dealkylation sites (N-methyl/N-ethyl adjacent to an activating group) is 1. The van der Waals surface area contributed by atoms with Gasteiger partial charge in [-0.2, -0.15) is 4.31 Å². The van der Waals surface area contributed by atoms with E-state index in [0.717, 1.165) is 17.4 Å². The molecule has 0 N–H and O–H groups in total. The maximum atomic E-state index is 15.2. The number of hydrogen-bond acceptors (Lipinski definition) is 7. The van der Waals surface area contributed by atoms with E-state index in [1.165, 1.54) is 21.3 Å². The SMILES string of the molecule is COc1ccc(COC[C@H](C)N(C[C@H](C)[C@H](CN(C)C(=O)OC(C)(C)C)O[Si](C)(C)C(C)(C)C)S(=O)(=O)c2ccc(Br)cc2F)cc1. The fraction of sp³-hybridized carbons (Fsp3) is 0.618. The van der Waals surface area contributed by atoms with Crippen LogP contribution in [0, 0.1) is 11.7 Å². The molecule has 0 spiro atoms. The van der Waals surface area contributed by atoms with Crippen LogP contribution in [0.4, 0.5) is 9.18 Å². The van der Waals surface area contributed by atoms with Gasteiger partial charge in [0.15, 0.2) is 8.32 Å². The summed E-state index contributed by atoms with van der Waals surface area (Å²) in [6.45, 7) is 20.1. The number of amides is 1. The van der Waals surface area contributed by atoms with E-state index >= 15 is 4.39 Å². The van der Waals surface area contributed by atoms with Crippen molar-refractivity contribution in [1.82, 2.24) is 9.21 Å². The van der Waals surface area contributed by atoms with Crippen LogP contribution >= 0.6 is 15.9 Å². The van der Waals surface area contributed by atoms with E-state index in [1.807, 2.05) is 31.2 Å². The van der Waals surface area contributed by atoms with E-state index in [4.69, 9.17) is 18.6 Å². The van der Waals surface area contributed by atoms with Gasteiger partial charge in [0, 0.05) is 30.7 Å². The Balaban J connectivity index is 2.45. The van der Waals surface area contributed by atoms with Crippen LogP contribution in [0.3, 0.4) is 0 Å². The summed E-state index contributed by atoms with van der Waals surface area (Å²) in [6.07, 6.45) is -1.05. The van der Waals surface area contributed by atoms with E-state index in [1.54, 1.807) is 41.9 Å². The number of hydrogen-bond donors (Lipinski definition) is 0. The number of sulfonamides is 1. The average molecular weight is 762 g/mol. The molecule has 2 aromatic carbocycles. The smallest absolute Gasteiger partial charge is 0.410 e. The molecule has 47 heavy (non-hydrogen) atoms. The third-order valence-corrected chi connectivity index (χ3v) is 15.3. The third-order valence-electron chi connectivity index (χ3n) is 8.27. The Hall–Kier alpha value is -2.03. The number of carbonyl (C=O) groups is 1. The van der Waals surface area contributed by atoms with Gasteiger partial charge < -0.3 is 23.5 Å². The summed E-state index contributed by atoms with van der Waals surface area (Å²) in [5.41, 5.74) is 0.209. The minimum Gasteiger partial charge on any atom is -0.497 e. The first kappa shape index (κ1) is 41.1. The second kappa shape index (κ2) is 16.6. The molecule has 0 unspecified atom stereocenters. The lowest BCUT2D eigenvalue weighted by Gasteiger charge is -2.43. The first-order valence-electron chi connectivity index (χ1n) is 15.8. The minimum atomic E-state index is -4.33. The van der Waals surface area contributed by atoms with Crippen molar-refractivity contribution in [1.29, 1.82) is 0 Å². The zero-order valence-corrected chi connectivity index (χ0v) is 33.4. The van der Waals surface area contributed by atoms with Crippen LogP contribution in [-0.2, 0) is 30.5 Å². The summed E-state index contributed by atoms with van der Waals surface area (Å²) < 4.78 is 68.9. The van der Waals surface area contributed by atoms with Crippen molar-refractivity contribution < 1.29 is 36.2 Å². The van der Waals surface area contributed by atoms with Crippen molar-refractivity contribution in [2.75, 3.05) is 33.9 Å². The molecule has 0 heterocycles. The minimum absolute atomic E-state index is 0.00759. The monoisotopic (exact) mass is 760 g/mol. The van der Waals surface area contributed by atoms with E-state index in [2.05, 4.69) is 49.8 Å². The van der Waals surface area contributed by atoms with E-state index in [9.17, 15) is 13.2 Å². The van der Waals surface area contributed by atoms with Crippen LogP contribution in [-0.4, -0.2) is 83.6 Å². The molecule has 0 fully saturated rings. The highest BCUT2D eigenvalue weighted by Crippen LogP contribution is 2.38. The predicted molar refractivity (Wildman–Crippen MR) is 190 cm³/mol. The van der Waals surface area contributed by atoms with Crippen LogP contribution in [0.25, 0.3) is 0 Å². The van der Waals surface area contributed by atoms with Gasteiger partial charge in [0.05, 0.1) is 26.4 Å². The lowest BCUT2D eigenvalue weighted by Crippen LogP contribution is -2.52.